The lowest BCUT2D eigenvalue weighted by molar-refractivity contribution is 0.0628. The van der Waals surface area contributed by atoms with E-state index in [4.69, 9.17) is 9.47 Å². The van der Waals surface area contributed by atoms with Crippen molar-refractivity contribution in [2.24, 2.45) is 0 Å². The first-order valence-corrected chi connectivity index (χ1v) is 9.57. The van der Waals surface area contributed by atoms with Crippen LogP contribution in [0.5, 0.6) is 5.75 Å². The summed E-state index contributed by atoms with van der Waals surface area (Å²) >= 11 is 0. The first-order valence-electron chi connectivity index (χ1n) is 9.57. The fourth-order valence-corrected chi connectivity index (χ4v) is 3.80. The summed E-state index contributed by atoms with van der Waals surface area (Å²) in [5, 5.41) is 0. The Labute approximate surface area is 160 Å². The second-order valence-electron chi connectivity index (χ2n) is 7.20. The molecule has 2 aromatic rings. The van der Waals surface area contributed by atoms with Crippen molar-refractivity contribution < 1.29 is 14.3 Å². The predicted octanol–water partition coefficient (Wildman–Crippen LogP) is 2.73. The summed E-state index contributed by atoms with van der Waals surface area (Å²) in [5.74, 6) is 0.870. The molecule has 2 aliphatic rings. The third-order valence-corrected chi connectivity index (χ3v) is 5.45. The summed E-state index contributed by atoms with van der Waals surface area (Å²) in [4.78, 5) is 17.0. The summed E-state index contributed by atoms with van der Waals surface area (Å²) in [5.41, 5.74) is 4.79. The number of hydrogen-bond acceptors (Lipinski definition) is 4. The van der Waals surface area contributed by atoms with E-state index < -0.39 is 0 Å². The molecule has 4 rings (SSSR count). The van der Waals surface area contributed by atoms with Crippen molar-refractivity contribution >= 4 is 5.91 Å². The quantitative estimate of drug-likeness (QED) is 0.834. The SMILES string of the molecule is COc1ccc(C(=O)N2CCN(Cc3ccc4c(c3)COCC4)CC2)cc1. The number of ether oxygens (including phenoxy) is 2. The molecule has 5 heteroatoms. The highest BCUT2D eigenvalue weighted by Gasteiger charge is 2.22. The highest BCUT2D eigenvalue weighted by atomic mass is 16.5. The molecule has 1 saturated heterocycles. The summed E-state index contributed by atoms with van der Waals surface area (Å²) < 4.78 is 10.7. The normalized spacial score (nSPS) is 17.4. The Hall–Kier alpha value is -2.37. The van der Waals surface area contributed by atoms with Crippen LogP contribution in [-0.4, -0.2) is 55.6 Å². The number of methoxy groups -OCH3 is 1. The topological polar surface area (TPSA) is 42.0 Å². The van der Waals surface area contributed by atoms with Crippen LogP contribution in [0.15, 0.2) is 42.5 Å². The molecule has 1 amide bonds. The molecule has 27 heavy (non-hydrogen) atoms. The van der Waals surface area contributed by atoms with Crippen molar-refractivity contribution in [1.82, 2.24) is 9.80 Å². The molecule has 0 saturated carbocycles. The Balaban J connectivity index is 1.32. The Morgan fingerprint density at radius 2 is 1.81 bits per heavy atom. The molecule has 0 unspecified atom stereocenters. The fourth-order valence-electron chi connectivity index (χ4n) is 3.80. The van der Waals surface area contributed by atoms with Gasteiger partial charge < -0.3 is 14.4 Å². The van der Waals surface area contributed by atoms with Gasteiger partial charge in [0.2, 0.25) is 0 Å². The maximum Gasteiger partial charge on any atom is 0.253 e. The molecule has 0 atom stereocenters. The van der Waals surface area contributed by atoms with Gasteiger partial charge in [-0.2, -0.15) is 0 Å². The Kier molecular flexibility index (Phi) is 5.41. The van der Waals surface area contributed by atoms with Crippen molar-refractivity contribution in [2.45, 2.75) is 19.6 Å². The van der Waals surface area contributed by atoms with E-state index >= 15 is 0 Å². The Morgan fingerprint density at radius 3 is 2.56 bits per heavy atom. The van der Waals surface area contributed by atoms with E-state index in [1.54, 1.807) is 7.11 Å². The van der Waals surface area contributed by atoms with Gasteiger partial charge in [0.05, 0.1) is 20.3 Å². The van der Waals surface area contributed by atoms with Gasteiger partial charge in [0.25, 0.3) is 5.91 Å². The van der Waals surface area contributed by atoms with Gasteiger partial charge >= 0.3 is 0 Å². The van der Waals surface area contributed by atoms with Crippen LogP contribution in [-0.2, 0) is 24.3 Å². The molecule has 2 aliphatic heterocycles. The van der Waals surface area contributed by atoms with Crippen LogP contribution in [0.2, 0.25) is 0 Å². The zero-order valence-corrected chi connectivity index (χ0v) is 15.8. The number of fused-ring (bicyclic) bond motifs is 1. The van der Waals surface area contributed by atoms with E-state index in [1.165, 1.54) is 16.7 Å². The molecule has 1 fully saturated rings. The molecule has 0 N–H and O–H groups in total. The highest BCUT2D eigenvalue weighted by Crippen LogP contribution is 2.20. The number of carbonyl (C=O) groups is 1. The molecule has 0 spiro atoms. The number of nitrogens with zero attached hydrogens (tertiary/aromatic N) is 2. The van der Waals surface area contributed by atoms with Crippen molar-refractivity contribution in [3.05, 3.63) is 64.7 Å². The van der Waals surface area contributed by atoms with E-state index in [1.807, 2.05) is 29.2 Å². The lowest BCUT2D eigenvalue weighted by Crippen LogP contribution is -2.48. The Morgan fingerprint density at radius 1 is 1.04 bits per heavy atom. The van der Waals surface area contributed by atoms with E-state index in [0.717, 1.165) is 63.7 Å². The highest BCUT2D eigenvalue weighted by molar-refractivity contribution is 5.94. The minimum Gasteiger partial charge on any atom is -0.497 e. The van der Waals surface area contributed by atoms with Gasteiger partial charge in [-0.1, -0.05) is 18.2 Å². The van der Waals surface area contributed by atoms with E-state index in [2.05, 4.69) is 23.1 Å². The standard InChI is InChI=1S/C22H26N2O3/c1-26-21-6-4-19(5-7-21)22(25)24-11-9-23(10-12-24)15-17-2-3-18-8-13-27-16-20(18)14-17/h2-7,14H,8-13,15-16H2,1H3. The fraction of sp³-hybridized carbons (Fsp3) is 0.409. The second-order valence-corrected chi connectivity index (χ2v) is 7.20. The van der Waals surface area contributed by atoms with Gasteiger partial charge in [0.1, 0.15) is 5.75 Å². The van der Waals surface area contributed by atoms with Crippen molar-refractivity contribution in [1.29, 1.82) is 0 Å². The van der Waals surface area contributed by atoms with Gasteiger partial charge in [0, 0.05) is 38.3 Å². The van der Waals surface area contributed by atoms with Crippen LogP contribution in [0.4, 0.5) is 0 Å². The minimum atomic E-state index is 0.100. The van der Waals surface area contributed by atoms with Crippen LogP contribution in [0.1, 0.15) is 27.0 Å². The van der Waals surface area contributed by atoms with Crippen LogP contribution in [0.3, 0.4) is 0 Å². The van der Waals surface area contributed by atoms with Gasteiger partial charge in [-0.05, 0) is 47.4 Å². The largest absolute Gasteiger partial charge is 0.497 e. The van der Waals surface area contributed by atoms with Gasteiger partial charge in [-0.3, -0.25) is 9.69 Å². The number of carbonyl (C=O) groups excluding carboxylic acids is 1. The number of hydrogen-bond donors (Lipinski definition) is 0. The number of amides is 1. The minimum absolute atomic E-state index is 0.100. The summed E-state index contributed by atoms with van der Waals surface area (Å²) in [6.45, 7) is 5.81. The average Bonchev–Trinajstić information content (AvgIpc) is 2.74. The van der Waals surface area contributed by atoms with Crippen LogP contribution in [0.25, 0.3) is 0 Å². The second kappa shape index (κ2) is 8.11. The lowest BCUT2D eigenvalue weighted by atomic mass is 10.00. The molecule has 5 nitrogen and oxygen atoms in total. The zero-order chi connectivity index (χ0) is 18.6. The maximum atomic E-state index is 12.7. The van der Waals surface area contributed by atoms with Gasteiger partial charge in [-0.25, -0.2) is 0 Å². The van der Waals surface area contributed by atoms with Crippen LogP contribution in [0, 0.1) is 0 Å². The molecule has 0 radical (unpaired) electrons. The molecule has 2 aromatic carbocycles. The molecular weight excluding hydrogens is 340 g/mol. The van der Waals surface area contributed by atoms with Crippen molar-refractivity contribution in [3.63, 3.8) is 0 Å². The average molecular weight is 366 g/mol. The number of rotatable bonds is 4. The van der Waals surface area contributed by atoms with E-state index in [9.17, 15) is 4.79 Å². The third kappa shape index (κ3) is 4.15. The first kappa shape index (κ1) is 18.0. The monoisotopic (exact) mass is 366 g/mol. The zero-order valence-electron chi connectivity index (χ0n) is 15.8. The van der Waals surface area contributed by atoms with Gasteiger partial charge in [0.15, 0.2) is 0 Å². The summed E-state index contributed by atoms with van der Waals surface area (Å²) in [6, 6.07) is 14.1. The summed E-state index contributed by atoms with van der Waals surface area (Å²) in [7, 11) is 1.63. The third-order valence-electron chi connectivity index (χ3n) is 5.45. The molecule has 0 aromatic heterocycles. The van der Waals surface area contributed by atoms with Gasteiger partial charge in [-0.15, -0.1) is 0 Å². The first-order chi connectivity index (χ1) is 13.2. The lowest BCUT2D eigenvalue weighted by Gasteiger charge is -2.35. The van der Waals surface area contributed by atoms with E-state index in [0.29, 0.717) is 0 Å². The molecule has 0 bridgehead atoms. The molecule has 142 valence electrons. The van der Waals surface area contributed by atoms with E-state index in [-0.39, 0.29) is 5.91 Å². The Bertz CT molecular complexity index is 796. The van der Waals surface area contributed by atoms with Crippen LogP contribution >= 0.6 is 0 Å². The number of piperazine rings is 1. The molecular formula is C22H26N2O3. The smallest absolute Gasteiger partial charge is 0.253 e. The van der Waals surface area contributed by atoms with Crippen molar-refractivity contribution in [2.75, 3.05) is 39.9 Å². The predicted molar refractivity (Wildman–Crippen MR) is 104 cm³/mol. The summed E-state index contributed by atoms with van der Waals surface area (Å²) in [6.07, 6.45) is 1.02. The number of benzene rings is 2. The maximum absolute atomic E-state index is 12.7. The van der Waals surface area contributed by atoms with Crippen LogP contribution < -0.4 is 4.74 Å². The molecule has 2 heterocycles. The van der Waals surface area contributed by atoms with Crippen molar-refractivity contribution in [3.8, 4) is 5.75 Å². The molecule has 0 aliphatic carbocycles.